The van der Waals surface area contributed by atoms with Gasteiger partial charge < -0.3 is 19.8 Å². The number of carbonyl (C=O) groups excluding carboxylic acids is 1. The number of ether oxygens (including phenoxy) is 2. The van der Waals surface area contributed by atoms with Crippen molar-refractivity contribution in [1.82, 2.24) is 15.3 Å². The van der Waals surface area contributed by atoms with Crippen LogP contribution in [0.4, 0.5) is 4.39 Å². The summed E-state index contributed by atoms with van der Waals surface area (Å²) in [4.78, 5) is 20.2. The Bertz CT molecular complexity index is 1350. The average molecular weight is 448 g/mol. The monoisotopic (exact) mass is 447 g/mol. The van der Waals surface area contributed by atoms with Gasteiger partial charge in [0.05, 0.1) is 32.0 Å². The maximum Gasteiger partial charge on any atom is 0.319 e. The topological polar surface area (TPSA) is 76.2 Å². The molecule has 0 fully saturated rings. The molecule has 7 heteroatoms. The first-order chi connectivity index (χ1) is 16.1. The van der Waals surface area contributed by atoms with E-state index in [1.165, 1.54) is 36.6 Å². The number of benzene rings is 2. The molecular weight excluding hydrogens is 421 g/mol. The van der Waals surface area contributed by atoms with Gasteiger partial charge in [-0.15, -0.1) is 0 Å². The number of aromatic nitrogens is 2. The number of aryl methyl sites for hydroxylation is 1. The molecule has 0 spiro atoms. The van der Waals surface area contributed by atoms with Crippen LogP contribution in [0.2, 0.25) is 0 Å². The van der Waals surface area contributed by atoms with Crippen LogP contribution in [0.25, 0.3) is 21.8 Å². The molecule has 0 aliphatic heterocycles. The van der Waals surface area contributed by atoms with Crippen LogP contribution in [0.15, 0.2) is 42.5 Å². The van der Waals surface area contributed by atoms with Crippen LogP contribution >= 0.6 is 0 Å². The van der Waals surface area contributed by atoms with Crippen LogP contribution in [0.5, 0.6) is 5.75 Å². The first-order valence-corrected chi connectivity index (χ1v) is 11.1. The van der Waals surface area contributed by atoms with Crippen molar-refractivity contribution >= 4 is 27.8 Å². The molecule has 6 nitrogen and oxygen atoms in total. The maximum atomic E-state index is 14.3. The van der Waals surface area contributed by atoms with Gasteiger partial charge in [0.2, 0.25) is 0 Å². The number of nitrogens with one attached hydrogen (secondary N) is 2. The molecule has 2 aromatic heterocycles. The number of halogens is 1. The Morgan fingerprint density at radius 2 is 2.09 bits per heavy atom. The highest BCUT2D eigenvalue weighted by Crippen LogP contribution is 2.36. The first kappa shape index (κ1) is 21.4. The number of para-hydroxylation sites is 1. The lowest BCUT2D eigenvalue weighted by Gasteiger charge is -2.26. The summed E-state index contributed by atoms with van der Waals surface area (Å²) in [6, 6.07) is 13.5. The quantitative estimate of drug-likeness (QED) is 0.436. The number of carbonyl (C=O) groups is 1. The first-order valence-electron chi connectivity index (χ1n) is 11.1. The molecule has 1 atom stereocenters. The number of rotatable bonds is 6. The fraction of sp³-hybridized carbons (Fsp3) is 0.308. The molecule has 0 saturated carbocycles. The summed E-state index contributed by atoms with van der Waals surface area (Å²) in [6.45, 7) is 0.184. The minimum absolute atomic E-state index is 0.151. The third kappa shape index (κ3) is 4.04. The smallest absolute Gasteiger partial charge is 0.319 e. The van der Waals surface area contributed by atoms with E-state index in [0.717, 1.165) is 47.2 Å². The number of hydrogen-bond donors (Lipinski definition) is 2. The molecule has 33 heavy (non-hydrogen) atoms. The van der Waals surface area contributed by atoms with Crippen molar-refractivity contribution in [3.05, 3.63) is 70.8 Å². The molecule has 170 valence electrons. The summed E-state index contributed by atoms with van der Waals surface area (Å²) in [6.07, 6.45) is 3.02. The highest BCUT2D eigenvalue weighted by atomic mass is 19.1. The molecule has 0 bridgehead atoms. The van der Waals surface area contributed by atoms with E-state index in [0.29, 0.717) is 6.42 Å². The van der Waals surface area contributed by atoms with Crippen molar-refractivity contribution in [2.24, 2.45) is 0 Å². The van der Waals surface area contributed by atoms with Gasteiger partial charge in [0, 0.05) is 40.9 Å². The normalized spacial score (nSPS) is 15.5. The highest BCUT2D eigenvalue weighted by Gasteiger charge is 2.25. The summed E-state index contributed by atoms with van der Waals surface area (Å²) < 4.78 is 24.2. The molecule has 1 aliphatic carbocycles. The fourth-order valence-corrected chi connectivity index (χ4v) is 4.81. The van der Waals surface area contributed by atoms with E-state index in [-0.39, 0.29) is 30.1 Å². The van der Waals surface area contributed by atoms with E-state index in [4.69, 9.17) is 14.5 Å². The number of aromatic amines is 1. The second kappa shape index (κ2) is 8.83. The van der Waals surface area contributed by atoms with Gasteiger partial charge in [0.1, 0.15) is 0 Å². The zero-order chi connectivity index (χ0) is 22.9. The number of H-pyrrole nitrogens is 1. The second-order valence-corrected chi connectivity index (χ2v) is 8.45. The molecule has 1 unspecified atom stereocenters. The van der Waals surface area contributed by atoms with Gasteiger partial charge in [0.15, 0.2) is 11.6 Å². The average Bonchev–Trinajstić information content (AvgIpc) is 3.23. The van der Waals surface area contributed by atoms with E-state index >= 15 is 0 Å². The summed E-state index contributed by atoms with van der Waals surface area (Å²) in [5, 5.41) is 5.67. The van der Waals surface area contributed by atoms with Crippen LogP contribution in [-0.2, 0) is 28.8 Å². The SMILES string of the molecule is COC(=O)CNC1CCc2c(nc(Cc3ccc(OC)c(F)c3)c3[nH]c4ccccc4c23)C1. The number of fused-ring (bicyclic) bond motifs is 5. The molecule has 0 saturated heterocycles. The van der Waals surface area contributed by atoms with E-state index in [1.54, 1.807) is 6.07 Å². The van der Waals surface area contributed by atoms with Crippen molar-refractivity contribution in [3.63, 3.8) is 0 Å². The summed E-state index contributed by atoms with van der Waals surface area (Å²) in [7, 11) is 2.85. The lowest BCUT2D eigenvalue weighted by Crippen LogP contribution is -2.38. The van der Waals surface area contributed by atoms with Crippen molar-refractivity contribution < 1.29 is 18.7 Å². The molecule has 1 aliphatic rings. The molecule has 2 heterocycles. The minimum Gasteiger partial charge on any atom is -0.494 e. The van der Waals surface area contributed by atoms with Gasteiger partial charge in [-0.1, -0.05) is 24.3 Å². The van der Waals surface area contributed by atoms with Crippen LogP contribution in [0.3, 0.4) is 0 Å². The summed E-state index contributed by atoms with van der Waals surface area (Å²) in [5.74, 6) is -0.427. The zero-order valence-corrected chi connectivity index (χ0v) is 18.7. The van der Waals surface area contributed by atoms with Gasteiger partial charge >= 0.3 is 5.97 Å². The van der Waals surface area contributed by atoms with Gasteiger partial charge in [-0.25, -0.2) is 4.39 Å². The lowest BCUT2D eigenvalue weighted by atomic mass is 9.88. The highest BCUT2D eigenvalue weighted by molar-refractivity contribution is 6.10. The molecular formula is C26H26FN3O3. The summed E-state index contributed by atoms with van der Waals surface area (Å²) >= 11 is 0. The van der Waals surface area contributed by atoms with Crippen molar-refractivity contribution in [2.75, 3.05) is 20.8 Å². The number of methoxy groups -OCH3 is 2. The standard InChI is InChI=1S/C26H26FN3O3/c1-32-23-10-7-15(11-19(23)27)12-22-26-25(17-5-3-4-6-20(17)30-26)18-9-8-16(13-21(18)29-22)28-14-24(31)33-2/h3-7,10-11,16,28,30H,8-9,12-14H2,1-2H3. The van der Waals surface area contributed by atoms with Crippen LogP contribution < -0.4 is 10.1 Å². The van der Waals surface area contributed by atoms with E-state index < -0.39 is 0 Å². The largest absolute Gasteiger partial charge is 0.494 e. The molecule has 2 aromatic carbocycles. The maximum absolute atomic E-state index is 14.3. The molecule has 0 radical (unpaired) electrons. The Balaban J connectivity index is 1.57. The van der Waals surface area contributed by atoms with Gasteiger partial charge in [-0.05, 0) is 42.2 Å². The van der Waals surface area contributed by atoms with Crippen LogP contribution in [0, 0.1) is 5.82 Å². The minimum atomic E-state index is -0.382. The fourth-order valence-electron chi connectivity index (χ4n) is 4.81. The Morgan fingerprint density at radius 3 is 2.88 bits per heavy atom. The third-order valence-corrected chi connectivity index (χ3v) is 6.45. The third-order valence-electron chi connectivity index (χ3n) is 6.45. The lowest BCUT2D eigenvalue weighted by molar-refractivity contribution is -0.139. The predicted octanol–water partition coefficient (Wildman–Crippen LogP) is 4.07. The van der Waals surface area contributed by atoms with Crippen LogP contribution in [-0.4, -0.2) is 42.7 Å². The number of esters is 1. The van der Waals surface area contributed by atoms with Gasteiger partial charge in [-0.3, -0.25) is 9.78 Å². The Labute approximate surface area is 191 Å². The number of hydrogen-bond acceptors (Lipinski definition) is 5. The zero-order valence-electron chi connectivity index (χ0n) is 18.7. The van der Waals surface area contributed by atoms with E-state index in [9.17, 15) is 9.18 Å². The Hall–Kier alpha value is -3.45. The van der Waals surface area contributed by atoms with Crippen molar-refractivity contribution in [2.45, 2.75) is 31.7 Å². The Kier molecular flexibility index (Phi) is 5.72. The number of pyridine rings is 1. The predicted molar refractivity (Wildman–Crippen MR) is 125 cm³/mol. The molecule has 4 aromatic rings. The molecule has 2 N–H and O–H groups in total. The van der Waals surface area contributed by atoms with Gasteiger partial charge in [-0.2, -0.15) is 0 Å². The van der Waals surface area contributed by atoms with Crippen molar-refractivity contribution in [1.29, 1.82) is 0 Å². The van der Waals surface area contributed by atoms with Crippen LogP contribution in [0.1, 0.15) is 28.9 Å². The van der Waals surface area contributed by atoms with E-state index in [2.05, 4.69) is 22.4 Å². The second-order valence-electron chi connectivity index (χ2n) is 8.45. The van der Waals surface area contributed by atoms with Crippen molar-refractivity contribution in [3.8, 4) is 5.75 Å². The number of nitrogens with zero attached hydrogens (tertiary/aromatic N) is 1. The van der Waals surface area contributed by atoms with E-state index in [1.807, 2.05) is 18.2 Å². The van der Waals surface area contributed by atoms with Gasteiger partial charge in [0.25, 0.3) is 0 Å². The Morgan fingerprint density at radius 1 is 1.24 bits per heavy atom. The molecule has 0 amide bonds. The summed E-state index contributed by atoms with van der Waals surface area (Å²) in [5.41, 5.74) is 6.08. The molecule has 5 rings (SSSR count).